The highest BCUT2D eigenvalue weighted by atomic mass is 16.6. The molecule has 16 heavy (non-hydrogen) atoms. The number of aliphatic hydroxyl groups excluding tert-OH is 1. The van der Waals surface area contributed by atoms with Crippen molar-refractivity contribution in [2.75, 3.05) is 0 Å². The number of carboxylic acids is 1. The van der Waals surface area contributed by atoms with Gasteiger partial charge >= 0.3 is 13.1 Å². The first kappa shape index (κ1) is 12.7. The normalized spacial score (nSPS) is 12.2. The van der Waals surface area contributed by atoms with E-state index in [2.05, 4.69) is 0 Å². The largest absolute Gasteiger partial charge is 0.493 e. The van der Waals surface area contributed by atoms with Gasteiger partial charge in [-0.25, -0.2) is 4.79 Å². The first-order valence-corrected chi connectivity index (χ1v) is 4.89. The molecule has 5 nitrogen and oxygen atoms in total. The Bertz CT molecular complexity index is 351. The van der Waals surface area contributed by atoms with E-state index in [1.165, 1.54) is 24.3 Å². The first-order chi connectivity index (χ1) is 7.54. The van der Waals surface area contributed by atoms with Crippen molar-refractivity contribution in [3.05, 3.63) is 29.8 Å². The summed E-state index contributed by atoms with van der Waals surface area (Å²) in [5, 5.41) is 27.3. The molecule has 0 fully saturated rings. The van der Waals surface area contributed by atoms with Crippen molar-refractivity contribution >= 4 is 18.6 Å². The second kappa shape index (κ2) is 5.65. The summed E-state index contributed by atoms with van der Waals surface area (Å²) in [6.45, 7) is 1.71. The topological polar surface area (TPSA) is 87.0 Å². The summed E-state index contributed by atoms with van der Waals surface area (Å²) in [6.07, 6.45) is -0.668. The van der Waals surface area contributed by atoms with Crippen LogP contribution in [-0.4, -0.2) is 34.6 Å². The van der Waals surface area contributed by atoms with Crippen molar-refractivity contribution in [2.24, 2.45) is 0 Å². The van der Waals surface area contributed by atoms with Crippen molar-refractivity contribution in [1.29, 1.82) is 0 Å². The fraction of sp³-hybridized carbons (Fsp3) is 0.300. The molecule has 6 heteroatoms. The molecule has 1 aromatic carbocycles. The summed E-state index contributed by atoms with van der Waals surface area (Å²) in [4.78, 5) is 10.6. The molecule has 0 aliphatic carbocycles. The maximum atomic E-state index is 10.6. The van der Waals surface area contributed by atoms with E-state index in [0.29, 0.717) is 11.9 Å². The minimum Gasteiger partial charge on any atom is -0.478 e. The van der Waals surface area contributed by atoms with E-state index >= 15 is 0 Å². The zero-order chi connectivity index (χ0) is 12.1. The third-order valence-electron chi connectivity index (χ3n) is 2.08. The molecule has 1 rings (SSSR count). The minimum atomic E-state index is -1.25. The van der Waals surface area contributed by atoms with Crippen LogP contribution in [-0.2, 0) is 4.65 Å². The third kappa shape index (κ3) is 3.34. The van der Waals surface area contributed by atoms with Crippen LogP contribution < -0.4 is 5.46 Å². The average Bonchev–Trinajstić information content (AvgIpc) is 2.28. The van der Waals surface area contributed by atoms with E-state index in [1.54, 1.807) is 6.92 Å². The molecule has 86 valence electrons. The van der Waals surface area contributed by atoms with Crippen molar-refractivity contribution in [3.8, 4) is 0 Å². The van der Waals surface area contributed by atoms with Gasteiger partial charge in [0.05, 0.1) is 5.56 Å². The molecule has 0 spiro atoms. The van der Waals surface area contributed by atoms with E-state index < -0.39 is 19.4 Å². The first-order valence-electron chi connectivity index (χ1n) is 4.89. The van der Waals surface area contributed by atoms with E-state index in [4.69, 9.17) is 14.9 Å². The molecule has 0 unspecified atom stereocenters. The quantitative estimate of drug-likeness (QED) is 0.477. The second-order valence-electron chi connectivity index (χ2n) is 3.28. The Labute approximate surface area is 93.4 Å². The predicted octanol–water partition coefficient (Wildman–Crippen LogP) is -0.183. The number of hydrogen-bond acceptors (Lipinski definition) is 4. The molecule has 0 bridgehead atoms. The maximum absolute atomic E-state index is 10.6. The lowest BCUT2D eigenvalue weighted by atomic mass is 9.79. The molecule has 0 aromatic heterocycles. The highest BCUT2D eigenvalue weighted by Gasteiger charge is 2.19. The Morgan fingerprint density at radius 2 is 2.00 bits per heavy atom. The number of carboxylic acid groups (broad SMARTS) is 1. The van der Waals surface area contributed by atoms with Gasteiger partial charge in [0.15, 0.2) is 0 Å². The van der Waals surface area contributed by atoms with Gasteiger partial charge in [0.1, 0.15) is 6.29 Å². The van der Waals surface area contributed by atoms with Gasteiger partial charge in [-0.1, -0.05) is 19.1 Å². The fourth-order valence-corrected chi connectivity index (χ4v) is 1.11. The number of aliphatic hydroxyl groups is 1. The van der Waals surface area contributed by atoms with Crippen LogP contribution in [0.3, 0.4) is 0 Å². The summed E-state index contributed by atoms with van der Waals surface area (Å²) >= 11 is 0. The summed E-state index contributed by atoms with van der Waals surface area (Å²) in [6, 6.07) is 5.61. The molecular weight excluding hydrogens is 211 g/mol. The van der Waals surface area contributed by atoms with Gasteiger partial charge in [0, 0.05) is 0 Å². The zero-order valence-electron chi connectivity index (χ0n) is 8.83. The molecular formula is C10H13BO5. The minimum absolute atomic E-state index is 0.131. The van der Waals surface area contributed by atoms with Crippen LogP contribution in [0.5, 0.6) is 0 Å². The zero-order valence-corrected chi connectivity index (χ0v) is 8.83. The van der Waals surface area contributed by atoms with Gasteiger partial charge in [0.25, 0.3) is 0 Å². The molecule has 0 radical (unpaired) electrons. The summed E-state index contributed by atoms with van der Waals surface area (Å²) in [5.74, 6) is -1.03. The molecule has 1 atom stereocenters. The molecule has 0 saturated carbocycles. The maximum Gasteiger partial charge on any atom is 0.493 e. The van der Waals surface area contributed by atoms with Gasteiger partial charge in [-0.2, -0.15) is 0 Å². The molecule has 3 N–H and O–H groups in total. The van der Waals surface area contributed by atoms with Crippen molar-refractivity contribution in [3.63, 3.8) is 0 Å². The smallest absolute Gasteiger partial charge is 0.478 e. The van der Waals surface area contributed by atoms with Gasteiger partial charge in [-0.05, 0) is 24.0 Å². The lowest BCUT2D eigenvalue weighted by Gasteiger charge is -2.12. The Morgan fingerprint density at radius 3 is 2.44 bits per heavy atom. The van der Waals surface area contributed by atoms with E-state index in [9.17, 15) is 9.82 Å². The Hall–Kier alpha value is -1.37. The van der Waals surface area contributed by atoms with Crippen LogP contribution in [0.1, 0.15) is 23.7 Å². The Morgan fingerprint density at radius 1 is 1.44 bits per heavy atom. The lowest BCUT2D eigenvalue weighted by molar-refractivity contribution is -0.0308. The standard InChI is InChI=1S/C10H13BO5/c1-2-9(12)16-11(15)8-5-3-7(4-6-8)10(13)14/h3-6,9,12,15H,2H2,1H3,(H,13,14)/t9-/m1/s1. The summed E-state index contributed by atoms with van der Waals surface area (Å²) < 4.78 is 4.85. The highest BCUT2D eigenvalue weighted by molar-refractivity contribution is 6.60. The SMILES string of the molecule is CC[C@H](O)OB(O)c1ccc(C(=O)O)cc1. The van der Waals surface area contributed by atoms with Gasteiger partial charge < -0.3 is 19.9 Å². The monoisotopic (exact) mass is 224 g/mol. The number of aromatic carboxylic acids is 1. The Balaban J connectivity index is 2.70. The molecule has 0 heterocycles. The summed E-state index contributed by atoms with van der Waals surface area (Å²) in [5.41, 5.74) is 0.532. The number of hydrogen-bond donors (Lipinski definition) is 3. The van der Waals surface area contributed by atoms with Crippen LogP contribution >= 0.6 is 0 Å². The van der Waals surface area contributed by atoms with Crippen molar-refractivity contribution in [2.45, 2.75) is 19.6 Å². The fourth-order valence-electron chi connectivity index (χ4n) is 1.11. The van der Waals surface area contributed by atoms with Crippen LogP contribution in [0.4, 0.5) is 0 Å². The van der Waals surface area contributed by atoms with Crippen molar-refractivity contribution in [1.82, 2.24) is 0 Å². The lowest BCUT2D eigenvalue weighted by Crippen LogP contribution is -2.37. The Kier molecular flexibility index (Phi) is 4.48. The van der Waals surface area contributed by atoms with E-state index in [-0.39, 0.29) is 5.56 Å². The molecule has 0 aliphatic heterocycles. The molecule has 0 amide bonds. The third-order valence-corrected chi connectivity index (χ3v) is 2.08. The molecule has 0 aliphatic rings. The molecule has 0 saturated heterocycles. The second-order valence-corrected chi connectivity index (χ2v) is 3.28. The van der Waals surface area contributed by atoms with Crippen LogP contribution in [0.25, 0.3) is 0 Å². The van der Waals surface area contributed by atoms with Crippen LogP contribution in [0.2, 0.25) is 0 Å². The highest BCUT2D eigenvalue weighted by Crippen LogP contribution is 2.00. The average molecular weight is 224 g/mol. The number of rotatable bonds is 5. The number of carbonyl (C=O) groups is 1. The molecule has 1 aromatic rings. The van der Waals surface area contributed by atoms with E-state index in [0.717, 1.165) is 0 Å². The predicted molar refractivity (Wildman–Crippen MR) is 58.4 cm³/mol. The van der Waals surface area contributed by atoms with Gasteiger partial charge in [-0.3, -0.25) is 0 Å². The van der Waals surface area contributed by atoms with Gasteiger partial charge in [0.2, 0.25) is 0 Å². The van der Waals surface area contributed by atoms with Crippen LogP contribution in [0.15, 0.2) is 24.3 Å². The van der Waals surface area contributed by atoms with Crippen LogP contribution in [0, 0.1) is 0 Å². The summed E-state index contributed by atoms with van der Waals surface area (Å²) in [7, 11) is -1.25. The van der Waals surface area contributed by atoms with Crippen molar-refractivity contribution < 1.29 is 24.7 Å². The number of benzene rings is 1. The van der Waals surface area contributed by atoms with Gasteiger partial charge in [-0.15, -0.1) is 0 Å². The van der Waals surface area contributed by atoms with E-state index in [1.807, 2.05) is 0 Å².